The molecule has 0 spiro atoms. The molecule has 1 rings (SSSR count). The minimum Gasteiger partial charge on any atom is -0.443 e. The van der Waals surface area contributed by atoms with Crippen LogP contribution in [0.3, 0.4) is 0 Å². The second-order valence-corrected chi connectivity index (χ2v) is 5.50. The van der Waals surface area contributed by atoms with Gasteiger partial charge in [-0.3, -0.25) is 0 Å². The van der Waals surface area contributed by atoms with Crippen LogP contribution in [0.1, 0.15) is 33.3 Å². The van der Waals surface area contributed by atoms with Crippen LogP contribution in [0.4, 0.5) is 4.79 Å². The lowest BCUT2D eigenvalue weighted by Gasteiger charge is -2.18. The topological polar surface area (TPSA) is 50.7 Å². The second kappa shape index (κ2) is 8.04. The molecule has 0 saturated carbocycles. The largest absolute Gasteiger partial charge is 0.443 e. The molecule has 0 aliphatic rings. The van der Waals surface area contributed by atoms with Gasteiger partial charge in [0.05, 0.1) is 5.71 Å². The van der Waals surface area contributed by atoms with Crippen LogP contribution in [-0.4, -0.2) is 17.4 Å². The van der Waals surface area contributed by atoms with Gasteiger partial charge in [-0.1, -0.05) is 48.6 Å². The molecule has 0 atom stereocenters. The summed E-state index contributed by atoms with van der Waals surface area (Å²) in [5, 5.41) is 3.92. The molecule has 0 radical (unpaired) electrons. The summed E-state index contributed by atoms with van der Waals surface area (Å²) in [6.07, 6.45) is 7.02. The van der Waals surface area contributed by atoms with Gasteiger partial charge < -0.3 is 4.74 Å². The number of nitrogens with one attached hydrogen (secondary N) is 1. The zero-order valence-electron chi connectivity index (χ0n) is 13.0. The minimum atomic E-state index is -0.560. The van der Waals surface area contributed by atoms with E-state index in [1.54, 1.807) is 33.8 Å². The zero-order valence-corrected chi connectivity index (χ0v) is 13.0. The molecular formula is C17H22N2O2. The zero-order chi connectivity index (χ0) is 15.7. The Labute approximate surface area is 126 Å². The van der Waals surface area contributed by atoms with Crippen molar-refractivity contribution in [2.24, 2.45) is 5.10 Å². The quantitative estimate of drug-likeness (QED) is 0.513. The number of nitrogens with zero attached hydrogens (tertiary/aromatic N) is 1. The molecule has 1 N–H and O–H groups in total. The summed E-state index contributed by atoms with van der Waals surface area (Å²) < 4.78 is 5.08. The van der Waals surface area contributed by atoms with E-state index in [2.05, 4.69) is 10.5 Å². The lowest BCUT2D eigenvalue weighted by molar-refractivity contribution is 0.0529. The molecule has 1 aromatic carbocycles. The summed E-state index contributed by atoms with van der Waals surface area (Å²) in [7, 11) is 0. The molecule has 4 heteroatoms. The van der Waals surface area contributed by atoms with E-state index in [0.29, 0.717) is 5.71 Å². The van der Waals surface area contributed by atoms with E-state index in [9.17, 15) is 4.79 Å². The molecule has 0 fully saturated rings. The van der Waals surface area contributed by atoms with E-state index in [4.69, 9.17) is 4.74 Å². The van der Waals surface area contributed by atoms with Gasteiger partial charge in [0.1, 0.15) is 5.60 Å². The molecule has 1 aromatic rings. The van der Waals surface area contributed by atoms with E-state index >= 15 is 0 Å². The van der Waals surface area contributed by atoms with Crippen molar-refractivity contribution < 1.29 is 9.53 Å². The highest BCUT2D eigenvalue weighted by Crippen LogP contribution is 2.06. The van der Waals surface area contributed by atoms with E-state index in [1.807, 2.05) is 48.6 Å². The summed E-state index contributed by atoms with van der Waals surface area (Å²) >= 11 is 0. The fourth-order valence-electron chi connectivity index (χ4n) is 1.40. The molecular weight excluding hydrogens is 264 g/mol. The molecule has 1 amide bonds. The van der Waals surface area contributed by atoms with Gasteiger partial charge in [-0.15, -0.1) is 0 Å². The maximum atomic E-state index is 11.4. The average molecular weight is 286 g/mol. The van der Waals surface area contributed by atoms with Gasteiger partial charge in [0, 0.05) is 0 Å². The highest BCUT2D eigenvalue weighted by atomic mass is 16.6. The van der Waals surface area contributed by atoms with Crippen molar-refractivity contribution in [2.75, 3.05) is 0 Å². The summed E-state index contributed by atoms with van der Waals surface area (Å²) in [5.41, 5.74) is 3.63. The number of carbonyl (C=O) groups is 1. The number of hydrogen-bond acceptors (Lipinski definition) is 3. The van der Waals surface area contributed by atoms with Gasteiger partial charge in [0.25, 0.3) is 0 Å². The molecule has 0 unspecified atom stereocenters. The molecule has 112 valence electrons. The number of carbonyl (C=O) groups excluding carboxylic acids is 1. The van der Waals surface area contributed by atoms with Crippen molar-refractivity contribution in [1.82, 2.24) is 5.43 Å². The van der Waals surface area contributed by atoms with E-state index in [1.165, 1.54) is 0 Å². The van der Waals surface area contributed by atoms with Gasteiger partial charge in [0.15, 0.2) is 0 Å². The van der Waals surface area contributed by atoms with Crippen LogP contribution < -0.4 is 5.43 Å². The van der Waals surface area contributed by atoms with Gasteiger partial charge in [-0.25, -0.2) is 10.2 Å². The Morgan fingerprint density at radius 3 is 2.48 bits per heavy atom. The highest BCUT2D eigenvalue weighted by Gasteiger charge is 2.15. The molecule has 0 bridgehead atoms. The molecule has 0 aliphatic heterocycles. The summed E-state index contributed by atoms with van der Waals surface area (Å²) in [6, 6.07) is 10.00. The van der Waals surface area contributed by atoms with Crippen LogP contribution in [0.5, 0.6) is 0 Å². The Morgan fingerprint density at radius 2 is 1.86 bits per heavy atom. The molecule has 0 saturated heterocycles. The highest BCUT2D eigenvalue weighted by molar-refractivity contribution is 5.93. The molecule has 21 heavy (non-hydrogen) atoms. The van der Waals surface area contributed by atoms with Crippen molar-refractivity contribution in [2.45, 2.75) is 33.3 Å². The fourth-order valence-corrected chi connectivity index (χ4v) is 1.40. The maximum absolute atomic E-state index is 11.4. The van der Waals surface area contributed by atoms with Crippen LogP contribution in [0.15, 0.2) is 53.7 Å². The Balaban J connectivity index is 2.43. The number of hydrogen-bond donors (Lipinski definition) is 1. The molecule has 0 aliphatic carbocycles. The standard InChI is InChI=1S/C17H22N2O2/c1-14(18-19-16(20)21-17(2,3)4)10-8-9-13-15-11-6-5-7-12-15/h5-13H,1-4H3,(H,19,20)/b10-8+,13-9+,18-14-. The first-order valence-electron chi connectivity index (χ1n) is 6.80. The van der Waals surface area contributed by atoms with Crippen LogP contribution in [0, 0.1) is 0 Å². The number of amides is 1. The van der Waals surface area contributed by atoms with Crippen molar-refractivity contribution >= 4 is 17.9 Å². The Kier molecular flexibility index (Phi) is 6.40. The van der Waals surface area contributed by atoms with Gasteiger partial charge in [-0.2, -0.15) is 5.10 Å². The van der Waals surface area contributed by atoms with Gasteiger partial charge >= 0.3 is 6.09 Å². The average Bonchev–Trinajstić information content (AvgIpc) is 2.41. The van der Waals surface area contributed by atoms with Crippen molar-refractivity contribution in [3.05, 3.63) is 54.1 Å². The van der Waals surface area contributed by atoms with E-state index < -0.39 is 11.7 Å². The van der Waals surface area contributed by atoms with Crippen molar-refractivity contribution in [3.8, 4) is 0 Å². The van der Waals surface area contributed by atoms with Gasteiger partial charge in [0.2, 0.25) is 0 Å². The molecule has 0 heterocycles. The number of benzene rings is 1. The Bertz CT molecular complexity index is 538. The SMILES string of the molecule is CC(/C=C/C=C/c1ccccc1)=N/NC(=O)OC(C)(C)C. The van der Waals surface area contributed by atoms with Crippen LogP contribution >= 0.6 is 0 Å². The maximum Gasteiger partial charge on any atom is 0.428 e. The second-order valence-electron chi connectivity index (χ2n) is 5.50. The Hall–Kier alpha value is -2.36. The third-order valence-corrected chi connectivity index (χ3v) is 2.26. The predicted molar refractivity (Wildman–Crippen MR) is 87.1 cm³/mol. The molecule has 4 nitrogen and oxygen atoms in total. The van der Waals surface area contributed by atoms with Gasteiger partial charge in [-0.05, 0) is 39.3 Å². The first-order chi connectivity index (χ1) is 9.87. The number of rotatable bonds is 4. The van der Waals surface area contributed by atoms with Crippen LogP contribution in [0.2, 0.25) is 0 Å². The first-order valence-corrected chi connectivity index (χ1v) is 6.80. The smallest absolute Gasteiger partial charge is 0.428 e. The number of ether oxygens (including phenoxy) is 1. The third-order valence-electron chi connectivity index (χ3n) is 2.26. The lowest BCUT2D eigenvalue weighted by Crippen LogP contribution is -2.30. The number of hydrazone groups is 1. The van der Waals surface area contributed by atoms with Crippen molar-refractivity contribution in [1.29, 1.82) is 0 Å². The molecule has 0 aromatic heterocycles. The minimum absolute atomic E-state index is 0.526. The Morgan fingerprint density at radius 1 is 1.19 bits per heavy atom. The lowest BCUT2D eigenvalue weighted by atomic mass is 10.2. The van der Waals surface area contributed by atoms with Crippen molar-refractivity contribution in [3.63, 3.8) is 0 Å². The summed E-state index contributed by atoms with van der Waals surface area (Å²) in [5.74, 6) is 0. The normalized spacial score (nSPS) is 12.9. The predicted octanol–water partition coefficient (Wildman–Crippen LogP) is 4.16. The van der Waals surface area contributed by atoms with Crippen LogP contribution in [-0.2, 0) is 4.74 Å². The van der Waals surface area contributed by atoms with Crippen LogP contribution in [0.25, 0.3) is 6.08 Å². The first kappa shape index (κ1) is 16.7. The summed E-state index contributed by atoms with van der Waals surface area (Å²) in [4.78, 5) is 11.4. The fraction of sp³-hybridized carbons (Fsp3) is 0.294. The monoisotopic (exact) mass is 286 g/mol. The summed E-state index contributed by atoms with van der Waals surface area (Å²) in [6.45, 7) is 7.20. The van der Waals surface area contributed by atoms with E-state index in [0.717, 1.165) is 5.56 Å². The third kappa shape index (κ3) is 8.42. The number of allylic oxidation sites excluding steroid dienone is 3. The van der Waals surface area contributed by atoms with E-state index in [-0.39, 0.29) is 0 Å².